The van der Waals surface area contributed by atoms with Gasteiger partial charge in [0.05, 0.1) is 12.2 Å². The van der Waals surface area contributed by atoms with Crippen LogP contribution in [0, 0.1) is 12.7 Å². The van der Waals surface area contributed by atoms with Gasteiger partial charge in [-0.15, -0.1) is 0 Å². The SMILES string of the molecule is Cc1ccc(C(C)NC(=O)/C=C/c2ccc(Oc3cccnc3)c(F)c2)o1. The summed E-state index contributed by atoms with van der Waals surface area (Å²) in [5, 5.41) is 2.79. The lowest BCUT2D eigenvalue weighted by Gasteiger charge is -2.09. The lowest BCUT2D eigenvalue weighted by molar-refractivity contribution is -0.117. The van der Waals surface area contributed by atoms with Crippen molar-refractivity contribution in [3.63, 3.8) is 0 Å². The molecule has 6 heteroatoms. The highest BCUT2D eigenvalue weighted by Crippen LogP contribution is 2.25. The van der Waals surface area contributed by atoms with E-state index in [0.29, 0.717) is 17.1 Å². The molecule has 5 nitrogen and oxygen atoms in total. The van der Waals surface area contributed by atoms with E-state index < -0.39 is 5.82 Å². The first-order valence-electron chi connectivity index (χ1n) is 8.43. The summed E-state index contributed by atoms with van der Waals surface area (Å²) in [6.07, 6.45) is 5.99. The molecule has 1 unspecified atom stereocenters. The molecule has 0 saturated heterocycles. The molecule has 0 saturated carbocycles. The Bertz CT molecular complexity index is 951. The summed E-state index contributed by atoms with van der Waals surface area (Å²) >= 11 is 0. The van der Waals surface area contributed by atoms with Crippen molar-refractivity contribution < 1.29 is 18.3 Å². The second-order valence-corrected chi connectivity index (χ2v) is 5.99. The molecule has 0 aliphatic carbocycles. The van der Waals surface area contributed by atoms with Crippen LogP contribution in [0.5, 0.6) is 11.5 Å². The van der Waals surface area contributed by atoms with Crippen molar-refractivity contribution >= 4 is 12.0 Å². The number of aromatic nitrogens is 1. The Morgan fingerprint density at radius 3 is 2.81 bits per heavy atom. The van der Waals surface area contributed by atoms with Gasteiger partial charge >= 0.3 is 0 Å². The number of aryl methyl sites for hydroxylation is 1. The molecular formula is C21H19FN2O3. The van der Waals surface area contributed by atoms with Crippen molar-refractivity contribution in [2.24, 2.45) is 0 Å². The van der Waals surface area contributed by atoms with E-state index in [9.17, 15) is 9.18 Å². The van der Waals surface area contributed by atoms with E-state index in [4.69, 9.17) is 9.15 Å². The highest BCUT2D eigenvalue weighted by Gasteiger charge is 2.11. The average Bonchev–Trinajstić information content (AvgIpc) is 3.09. The lowest BCUT2D eigenvalue weighted by Crippen LogP contribution is -2.24. The predicted molar refractivity (Wildman–Crippen MR) is 99.7 cm³/mol. The van der Waals surface area contributed by atoms with Crippen LogP contribution in [-0.4, -0.2) is 10.9 Å². The maximum atomic E-state index is 14.2. The lowest BCUT2D eigenvalue weighted by atomic mass is 10.2. The molecule has 1 atom stereocenters. The van der Waals surface area contributed by atoms with Crippen LogP contribution in [-0.2, 0) is 4.79 Å². The van der Waals surface area contributed by atoms with Crippen LogP contribution < -0.4 is 10.1 Å². The fraction of sp³-hybridized carbons (Fsp3) is 0.143. The largest absolute Gasteiger partial charge is 0.464 e. The zero-order valence-corrected chi connectivity index (χ0v) is 15.0. The average molecular weight is 366 g/mol. The Morgan fingerprint density at radius 1 is 1.30 bits per heavy atom. The first-order chi connectivity index (χ1) is 13.0. The number of amides is 1. The van der Waals surface area contributed by atoms with Crippen LogP contribution >= 0.6 is 0 Å². The van der Waals surface area contributed by atoms with Crippen molar-refractivity contribution in [3.8, 4) is 11.5 Å². The van der Waals surface area contributed by atoms with Gasteiger partial charge in [0.2, 0.25) is 5.91 Å². The van der Waals surface area contributed by atoms with Crippen molar-refractivity contribution in [2.45, 2.75) is 19.9 Å². The molecule has 3 rings (SSSR count). The molecule has 2 heterocycles. The van der Waals surface area contributed by atoms with Gasteiger partial charge in [0, 0.05) is 12.3 Å². The van der Waals surface area contributed by atoms with E-state index in [-0.39, 0.29) is 17.7 Å². The molecule has 0 bridgehead atoms. The third-order valence-corrected chi connectivity index (χ3v) is 3.79. The minimum atomic E-state index is -0.527. The zero-order valence-electron chi connectivity index (χ0n) is 15.0. The molecule has 138 valence electrons. The highest BCUT2D eigenvalue weighted by atomic mass is 19.1. The number of nitrogens with zero attached hydrogens (tertiary/aromatic N) is 1. The number of carbonyl (C=O) groups excluding carboxylic acids is 1. The number of hydrogen-bond donors (Lipinski definition) is 1. The molecule has 1 aromatic carbocycles. The molecule has 2 aromatic heterocycles. The van der Waals surface area contributed by atoms with Gasteiger partial charge in [-0.2, -0.15) is 0 Å². The van der Waals surface area contributed by atoms with E-state index in [1.54, 1.807) is 24.4 Å². The van der Waals surface area contributed by atoms with Crippen molar-refractivity contribution in [1.29, 1.82) is 0 Å². The van der Waals surface area contributed by atoms with E-state index in [0.717, 1.165) is 5.76 Å². The van der Waals surface area contributed by atoms with Crippen molar-refractivity contribution in [3.05, 3.63) is 83.8 Å². The molecule has 1 N–H and O–H groups in total. The molecule has 0 aliphatic rings. The third kappa shape index (κ3) is 5.04. The summed E-state index contributed by atoms with van der Waals surface area (Å²) in [5.41, 5.74) is 0.544. The van der Waals surface area contributed by atoms with Gasteiger partial charge in [0.1, 0.15) is 17.3 Å². The molecule has 0 aliphatic heterocycles. The topological polar surface area (TPSA) is 64.4 Å². The predicted octanol–water partition coefficient (Wildman–Crippen LogP) is 4.81. The third-order valence-electron chi connectivity index (χ3n) is 3.79. The van der Waals surface area contributed by atoms with Crippen molar-refractivity contribution in [2.75, 3.05) is 0 Å². The molecular weight excluding hydrogens is 347 g/mol. The van der Waals surface area contributed by atoms with Crippen LogP contribution in [0.1, 0.15) is 30.0 Å². The summed E-state index contributed by atoms with van der Waals surface area (Å²) in [4.78, 5) is 15.9. The number of halogens is 1. The van der Waals surface area contributed by atoms with E-state index in [2.05, 4.69) is 10.3 Å². The minimum Gasteiger partial charge on any atom is -0.464 e. The number of benzene rings is 1. The Morgan fingerprint density at radius 2 is 2.15 bits per heavy atom. The van der Waals surface area contributed by atoms with Crippen molar-refractivity contribution in [1.82, 2.24) is 10.3 Å². The van der Waals surface area contributed by atoms with Crippen LogP contribution in [0.25, 0.3) is 6.08 Å². The van der Waals surface area contributed by atoms with E-state index in [1.165, 1.54) is 30.5 Å². The number of pyridine rings is 1. The fourth-order valence-corrected chi connectivity index (χ4v) is 2.43. The second-order valence-electron chi connectivity index (χ2n) is 5.99. The molecule has 0 spiro atoms. The smallest absolute Gasteiger partial charge is 0.244 e. The van der Waals surface area contributed by atoms with Gasteiger partial charge in [-0.05, 0) is 61.9 Å². The number of hydrogen-bond acceptors (Lipinski definition) is 4. The fourth-order valence-electron chi connectivity index (χ4n) is 2.43. The maximum absolute atomic E-state index is 14.2. The molecule has 27 heavy (non-hydrogen) atoms. The number of rotatable bonds is 6. The van der Waals surface area contributed by atoms with Crippen LogP contribution in [0.4, 0.5) is 4.39 Å². The summed E-state index contributed by atoms with van der Waals surface area (Å²) in [6.45, 7) is 3.67. The Balaban J connectivity index is 1.61. The summed E-state index contributed by atoms with van der Waals surface area (Å²) in [5.74, 6) is 1.17. The molecule has 0 fully saturated rings. The summed E-state index contributed by atoms with van der Waals surface area (Å²) < 4.78 is 25.1. The maximum Gasteiger partial charge on any atom is 0.244 e. The molecule has 1 amide bonds. The highest BCUT2D eigenvalue weighted by molar-refractivity contribution is 5.91. The van der Waals surface area contributed by atoms with Crippen LogP contribution in [0.15, 0.2) is 65.4 Å². The summed E-state index contributed by atoms with van der Waals surface area (Å²) in [7, 11) is 0. The number of carbonyl (C=O) groups is 1. The van der Waals surface area contributed by atoms with Gasteiger partial charge in [0.15, 0.2) is 11.6 Å². The Hall–Kier alpha value is -3.41. The quantitative estimate of drug-likeness (QED) is 0.636. The Labute approximate surface area is 156 Å². The number of nitrogens with one attached hydrogen (secondary N) is 1. The van der Waals surface area contributed by atoms with Gasteiger partial charge in [-0.25, -0.2) is 4.39 Å². The monoisotopic (exact) mass is 366 g/mol. The molecule has 0 radical (unpaired) electrons. The molecule has 3 aromatic rings. The first kappa shape index (κ1) is 18.4. The van der Waals surface area contributed by atoms with Gasteiger partial charge in [0.25, 0.3) is 0 Å². The van der Waals surface area contributed by atoms with Gasteiger partial charge in [-0.1, -0.05) is 6.07 Å². The van der Waals surface area contributed by atoms with Gasteiger partial charge < -0.3 is 14.5 Å². The minimum absolute atomic E-state index is 0.0893. The van der Waals surface area contributed by atoms with Crippen LogP contribution in [0.3, 0.4) is 0 Å². The second kappa shape index (κ2) is 8.31. The van der Waals surface area contributed by atoms with Gasteiger partial charge in [-0.3, -0.25) is 9.78 Å². The summed E-state index contributed by atoms with van der Waals surface area (Å²) in [6, 6.07) is 11.3. The zero-order chi connectivity index (χ0) is 19.2. The standard InChI is InChI=1S/C21H19FN2O3/c1-14-5-8-19(26-14)15(2)24-21(25)10-7-16-6-9-20(18(22)12-16)27-17-4-3-11-23-13-17/h3-13,15H,1-2H3,(H,24,25)/b10-7+. The number of furan rings is 1. The van der Waals surface area contributed by atoms with E-state index in [1.807, 2.05) is 26.0 Å². The number of ether oxygens (including phenoxy) is 1. The normalized spacial score (nSPS) is 12.1. The Kier molecular flexibility index (Phi) is 5.66. The van der Waals surface area contributed by atoms with E-state index >= 15 is 0 Å². The van der Waals surface area contributed by atoms with Crippen LogP contribution in [0.2, 0.25) is 0 Å². The first-order valence-corrected chi connectivity index (χ1v) is 8.43.